The van der Waals surface area contributed by atoms with Crippen LogP contribution in [0.25, 0.3) is 0 Å². The van der Waals surface area contributed by atoms with Crippen molar-refractivity contribution in [2.24, 2.45) is 5.92 Å². The second-order valence-electron chi connectivity index (χ2n) is 5.07. The van der Waals surface area contributed by atoms with Crippen LogP contribution in [0.3, 0.4) is 0 Å². The van der Waals surface area contributed by atoms with Gasteiger partial charge in [-0.15, -0.1) is 0 Å². The van der Waals surface area contributed by atoms with Crippen LogP contribution in [0, 0.1) is 5.92 Å². The number of hydrogen-bond donors (Lipinski definition) is 1. The molecule has 2 unspecified atom stereocenters. The maximum absolute atomic E-state index is 12.2. The average Bonchev–Trinajstić information content (AvgIpc) is 2.32. The fourth-order valence-corrected chi connectivity index (χ4v) is 3.10. The molecule has 1 aliphatic carbocycles. The fraction of sp³-hybridized carbons (Fsp3) is 0.500. The molecular formula is C14H17BrClNO. The number of rotatable bonds is 2. The maximum atomic E-state index is 12.2. The molecule has 0 aliphatic heterocycles. The van der Waals surface area contributed by atoms with E-state index in [0.29, 0.717) is 22.5 Å². The first-order chi connectivity index (χ1) is 8.56. The van der Waals surface area contributed by atoms with Gasteiger partial charge < -0.3 is 5.32 Å². The van der Waals surface area contributed by atoms with Gasteiger partial charge in [-0.05, 0) is 52.9 Å². The van der Waals surface area contributed by atoms with E-state index in [-0.39, 0.29) is 5.91 Å². The fourth-order valence-electron chi connectivity index (χ4n) is 2.50. The van der Waals surface area contributed by atoms with Gasteiger partial charge in [0.2, 0.25) is 0 Å². The number of amides is 1. The van der Waals surface area contributed by atoms with Gasteiger partial charge in [-0.1, -0.05) is 31.4 Å². The summed E-state index contributed by atoms with van der Waals surface area (Å²) in [6.45, 7) is 2.24. The zero-order chi connectivity index (χ0) is 13.1. The van der Waals surface area contributed by atoms with Crippen molar-refractivity contribution in [1.82, 2.24) is 5.32 Å². The van der Waals surface area contributed by atoms with Gasteiger partial charge in [-0.2, -0.15) is 0 Å². The summed E-state index contributed by atoms with van der Waals surface area (Å²) in [6.07, 6.45) is 4.62. The van der Waals surface area contributed by atoms with Crippen molar-refractivity contribution < 1.29 is 4.79 Å². The first-order valence-corrected chi connectivity index (χ1v) is 7.49. The second kappa shape index (κ2) is 6.07. The first-order valence-electron chi connectivity index (χ1n) is 6.32. The van der Waals surface area contributed by atoms with Gasteiger partial charge in [0.15, 0.2) is 0 Å². The van der Waals surface area contributed by atoms with E-state index < -0.39 is 0 Å². The Morgan fingerprint density at radius 2 is 2.22 bits per heavy atom. The molecule has 0 spiro atoms. The lowest BCUT2D eigenvalue weighted by Crippen LogP contribution is -2.38. The van der Waals surface area contributed by atoms with E-state index in [4.69, 9.17) is 11.6 Å². The lowest BCUT2D eigenvalue weighted by molar-refractivity contribution is 0.0920. The molecular weight excluding hydrogens is 314 g/mol. The lowest BCUT2D eigenvalue weighted by Gasteiger charge is -2.27. The number of carbonyl (C=O) groups excluding carboxylic acids is 1. The predicted molar refractivity (Wildman–Crippen MR) is 78.0 cm³/mol. The Morgan fingerprint density at radius 3 is 2.94 bits per heavy atom. The lowest BCUT2D eigenvalue weighted by atomic mass is 9.87. The summed E-state index contributed by atoms with van der Waals surface area (Å²) >= 11 is 9.31. The molecule has 0 aromatic heterocycles. The van der Waals surface area contributed by atoms with Crippen LogP contribution in [-0.2, 0) is 0 Å². The van der Waals surface area contributed by atoms with Crippen LogP contribution in [0.1, 0.15) is 43.0 Å². The van der Waals surface area contributed by atoms with Gasteiger partial charge in [0.25, 0.3) is 5.91 Å². The number of carbonyl (C=O) groups is 1. The molecule has 2 atom stereocenters. The minimum Gasteiger partial charge on any atom is -0.349 e. The zero-order valence-corrected chi connectivity index (χ0v) is 12.7. The molecule has 4 heteroatoms. The Balaban J connectivity index is 2.05. The van der Waals surface area contributed by atoms with Gasteiger partial charge in [0, 0.05) is 15.5 Å². The molecule has 1 saturated carbocycles. The van der Waals surface area contributed by atoms with Crippen molar-refractivity contribution in [2.45, 2.75) is 38.6 Å². The van der Waals surface area contributed by atoms with Crippen molar-refractivity contribution in [3.8, 4) is 0 Å². The molecule has 0 radical (unpaired) electrons. The minimum absolute atomic E-state index is 0.0384. The van der Waals surface area contributed by atoms with E-state index >= 15 is 0 Å². The summed E-state index contributed by atoms with van der Waals surface area (Å²) in [5.74, 6) is 0.662. The van der Waals surface area contributed by atoms with Crippen molar-refractivity contribution in [1.29, 1.82) is 0 Å². The van der Waals surface area contributed by atoms with Crippen LogP contribution < -0.4 is 5.32 Å². The van der Waals surface area contributed by atoms with Crippen LogP contribution >= 0.6 is 27.5 Å². The summed E-state index contributed by atoms with van der Waals surface area (Å²) in [5, 5.41) is 3.69. The van der Waals surface area contributed by atoms with Gasteiger partial charge >= 0.3 is 0 Å². The predicted octanol–water partition coefficient (Wildman–Crippen LogP) is 4.41. The topological polar surface area (TPSA) is 29.1 Å². The highest BCUT2D eigenvalue weighted by Crippen LogP contribution is 2.25. The van der Waals surface area contributed by atoms with Crippen LogP contribution in [0.4, 0.5) is 0 Å². The molecule has 98 valence electrons. The van der Waals surface area contributed by atoms with Crippen molar-refractivity contribution in [2.75, 3.05) is 0 Å². The summed E-state index contributed by atoms with van der Waals surface area (Å²) in [5.41, 5.74) is 0.612. The molecule has 2 nitrogen and oxygen atoms in total. The molecule has 0 saturated heterocycles. The highest BCUT2D eigenvalue weighted by molar-refractivity contribution is 9.10. The summed E-state index contributed by atoms with van der Waals surface area (Å²) in [7, 11) is 0. The monoisotopic (exact) mass is 329 g/mol. The molecule has 2 rings (SSSR count). The van der Waals surface area contributed by atoms with Gasteiger partial charge in [0.05, 0.1) is 5.56 Å². The number of benzene rings is 1. The average molecular weight is 331 g/mol. The van der Waals surface area contributed by atoms with E-state index in [1.807, 2.05) is 0 Å². The van der Waals surface area contributed by atoms with Crippen LogP contribution in [-0.4, -0.2) is 11.9 Å². The van der Waals surface area contributed by atoms with E-state index in [1.165, 1.54) is 12.8 Å². The third-order valence-corrected chi connectivity index (χ3v) is 4.37. The SMILES string of the molecule is CC1CCCC(NC(=O)c2cc(Cl)ccc2Br)C1. The summed E-state index contributed by atoms with van der Waals surface area (Å²) in [4.78, 5) is 12.2. The Kier molecular flexibility index (Phi) is 4.68. The molecule has 1 fully saturated rings. The molecule has 1 aromatic rings. The molecule has 18 heavy (non-hydrogen) atoms. The molecule has 1 N–H and O–H groups in total. The van der Waals surface area contributed by atoms with E-state index in [1.54, 1.807) is 18.2 Å². The van der Waals surface area contributed by atoms with Crippen molar-refractivity contribution in [3.05, 3.63) is 33.3 Å². The van der Waals surface area contributed by atoms with E-state index in [2.05, 4.69) is 28.2 Å². The van der Waals surface area contributed by atoms with Crippen LogP contribution in [0.2, 0.25) is 5.02 Å². The van der Waals surface area contributed by atoms with Crippen molar-refractivity contribution in [3.63, 3.8) is 0 Å². The quantitative estimate of drug-likeness (QED) is 0.855. The Labute approximate surface area is 121 Å². The second-order valence-corrected chi connectivity index (χ2v) is 6.36. The third-order valence-electron chi connectivity index (χ3n) is 3.44. The van der Waals surface area contributed by atoms with E-state index in [9.17, 15) is 4.79 Å². The Morgan fingerprint density at radius 1 is 1.44 bits per heavy atom. The van der Waals surface area contributed by atoms with E-state index in [0.717, 1.165) is 17.3 Å². The Hall–Kier alpha value is -0.540. The molecule has 1 aliphatic rings. The molecule has 0 bridgehead atoms. The van der Waals surface area contributed by atoms with Gasteiger partial charge in [0.1, 0.15) is 0 Å². The minimum atomic E-state index is -0.0384. The van der Waals surface area contributed by atoms with Crippen molar-refractivity contribution >= 4 is 33.4 Å². The smallest absolute Gasteiger partial charge is 0.252 e. The van der Waals surface area contributed by atoms with Gasteiger partial charge in [-0.3, -0.25) is 4.79 Å². The molecule has 0 heterocycles. The van der Waals surface area contributed by atoms with Gasteiger partial charge in [-0.25, -0.2) is 0 Å². The first kappa shape index (κ1) is 13.9. The Bertz CT molecular complexity index is 449. The van der Waals surface area contributed by atoms with Crippen LogP contribution in [0.15, 0.2) is 22.7 Å². The normalized spacial score (nSPS) is 23.7. The highest BCUT2D eigenvalue weighted by Gasteiger charge is 2.21. The molecule has 1 amide bonds. The maximum Gasteiger partial charge on any atom is 0.252 e. The number of nitrogens with one attached hydrogen (secondary N) is 1. The highest BCUT2D eigenvalue weighted by atomic mass is 79.9. The number of halogens is 2. The largest absolute Gasteiger partial charge is 0.349 e. The third kappa shape index (κ3) is 3.48. The number of hydrogen-bond acceptors (Lipinski definition) is 1. The standard InChI is InChI=1S/C14H17BrClNO/c1-9-3-2-4-11(7-9)17-14(18)12-8-10(16)5-6-13(12)15/h5-6,8-9,11H,2-4,7H2,1H3,(H,17,18). The molecule has 1 aromatic carbocycles. The van der Waals surface area contributed by atoms with Crippen LogP contribution in [0.5, 0.6) is 0 Å². The summed E-state index contributed by atoms with van der Waals surface area (Å²) in [6, 6.07) is 5.58. The summed E-state index contributed by atoms with van der Waals surface area (Å²) < 4.78 is 0.785. The zero-order valence-electron chi connectivity index (χ0n) is 10.4.